The maximum absolute atomic E-state index is 12.9. The monoisotopic (exact) mass is 342 g/mol. The highest BCUT2D eigenvalue weighted by atomic mass is 16.5. The van der Waals surface area contributed by atoms with Crippen molar-refractivity contribution in [3.8, 4) is 0 Å². The molecule has 25 heavy (non-hydrogen) atoms. The van der Waals surface area contributed by atoms with Gasteiger partial charge < -0.3 is 14.6 Å². The van der Waals surface area contributed by atoms with Crippen molar-refractivity contribution < 1.29 is 14.3 Å². The van der Waals surface area contributed by atoms with Gasteiger partial charge in [0, 0.05) is 12.2 Å². The summed E-state index contributed by atoms with van der Waals surface area (Å²) in [6, 6.07) is 9.67. The molecule has 5 heteroatoms. The Balaban J connectivity index is 2.35. The lowest BCUT2D eigenvalue weighted by Crippen LogP contribution is -2.27. The number of nitrogens with one attached hydrogen (secondary N) is 1. The number of amides is 1. The van der Waals surface area contributed by atoms with Crippen LogP contribution >= 0.6 is 0 Å². The molecule has 0 aliphatic heterocycles. The fourth-order valence-corrected chi connectivity index (χ4v) is 3.18. The Morgan fingerprint density at radius 1 is 1.16 bits per heavy atom. The van der Waals surface area contributed by atoms with Gasteiger partial charge in [0.15, 0.2) is 0 Å². The molecule has 0 bridgehead atoms. The Hall–Kier alpha value is -2.56. The van der Waals surface area contributed by atoms with Crippen molar-refractivity contribution >= 4 is 11.9 Å². The molecule has 0 spiro atoms. The van der Waals surface area contributed by atoms with Gasteiger partial charge >= 0.3 is 5.97 Å². The summed E-state index contributed by atoms with van der Waals surface area (Å²) in [5.74, 6) is -0.566. The third-order valence-electron chi connectivity index (χ3n) is 4.43. The summed E-state index contributed by atoms with van der Waals surface area (Å²) in [4.78, 5) is 25.2. The molecule has 2 aromatic rings. The SMILES string of the molecule is CCOC(=O)c1c(C)c(C(=O)N[C@H](C)c2ccccc2)c(C)n1CC. The third kappa shape index (κ3) is 3.76. The van der Waals surface area contributed by atoms with Gasteiger partial charge in [-0.1, -0.05) is 30.3 Å². The smallest absolute Gasteiger partial charge is 0.355 e. The number of aromatic nitrogens is 1. The number of nitrogens with zero attached hydrogens (tertiary/aromatic N) is 1. The predicted octanol–water partition coefficient (Wildman–Crippen LogP) is 3.79. The van der Waals surface area contributed by atoms with Gasteiger partial charge in [0.1, 0.15) is 5.69 Å². The fourth-order valence-electron chi connectivity index (χ4n) is 3.18. The van der Waals surface area contributed by atoms with Crippen LogP contribution in [0.3, 0.4) is 0 Å². The molecular formula is C20H26N2O3. The van der Waals surface area contributed by atoms with Crippen molar-refractivity contribution in [2.45, 2.75) is 47.2 Å². The van der Waals surface area contributed by atoms with E-state index in [0.29, 0.717) is 30.0 Å². The van der Waals surface area contributed by atoms with Crippen molar-refractivity contribution in [3.05, 3.63) is 58.4 Å². The normalized spacial score (nSPS) is 11.9. The molecule has 5 nitrogen and oxygen atoms in total. The first kappa shape index (κ1) is 18.8. The molecule has 1 atom stereocenters. The van der Waals surface area contributed by atoms with Gasteiger partial charge in [-0.3, -0.25) is 4.79 Å². The minimum atomic E-state index is -0.389. The lowest BCUT2D eigenvalue weighted by atomic mass is 10.1. The number of benzene rings is 1. The van der Waals surface area contributed by atoms with E-state index in [1.54, 1.807) is 13.8 Å². The van der Waals surface area contributed by atoms with Gasteiger partial charge in [-0.15, -0.1) is 0 Å². The summed E-state index contributed by atoms with van der Waals surface area (Å²) >= 11 is 0. The molecule has 0 saturated carbocycles. The first-order valence-corrected chi connectivity index (χ1v) is 8.64. The van der Waals surface area contributed by atoms with E-state index in [9.17, 15) is 9.59 Å². The summed E-state index contributed by atoms with van der Waals surface area (Å²) < 4.78 is 7.00. The van der Waals surface area contributed by atoms with Crippen molar-refractivity contribution in [1.29, 1.82) is 0 Å². The third-order valence-corrected chi connectivity index (χ3v) is 4.43. The Morgan fingerprint density at radius 2 is 1.80 bits per heavy atom. The Bertz CT molecular complexity index is 763. The molecule has 2 rings (SSSR count). The van der Waals surface area contributed by atoms with E-state index < -0.39 is 0 Å². The van der Waals surface area contributed by atoms with Crippen LogP contribution in [0.5, 0.6) is 0 Å². The number of hydrogen-bond donors (Lipinski definition) is 1. The first-order chi connectivity index (χ1) is 11.9. The van der Waals surface area contributed by atoms with Crippen LogP contribution in [0.4, 0.5) is 0 Å². The van der Waals surface area contributed by atoms with E-state index in [1.165, 1.54) is 0 Å². The van der Waals surface area contributed by atoms with Crippen LogP contribution in [0.15, 0.2) is 30.3 Å². The zero-order valence-corrected chi connectivity index (χ0v) is 15.6. The van der Waals surface area contributed by atoms with E-state index in [1.807, 2.05) is 55.7 Å². The van der Waals surface area contributed by atoms with E-state index in [0.717, 1.165) is 11.3 Å². The Kier molecular flexibility index (Phi) is 6.02. The largest absolute Gasteiger partial charge is 0.461 e. The van der Waals surface area contributed by atoms with E-state index >= 15 is 0 Å². The van der Waals surface area contributed by atoms with Gasteiger partial charge in [0.25, 0.3) is 5.91 Å². The summed E-state index contributed by atoms with van der Waals surface area (Å²) in [6.07, 6.45) is 0. The maximum Gasteiger partial charge on any atom is 0.355 e. The van der Waals surface area contributed by atoms with Crippen molar-refractivity contribution in [1.82, 2.24) is 9.88 Å². The van der Waals surface area contributed by atoms with Gasteiger partial charge in [-0.25, -0.2) is 4.79 Å². The maximum atomic E-state index is 12.9. The Labute approximate surface area is 149 Å². The number of carbonyl (C=O) groups is 2. The van der Waals surface area contributed by atoms with Crippen LogP contribution in [0.25, 0.3) is 0 Å². The average Bonchev–Trinajstić information content (AvgIpc) is 2.85. The summed E-state index contributed by atoms with van der Waals surface area (Å²) in [6.45, 7) is 10.2. The number of carbonyl (C=O) groups excluding carboxylic acids is 2. The van der Waals surface area contributed by atoms with Gasteiger partial charge in [0.05, 0.1) is 18.2 Å². The summed E-state index contributed by atoms with van der Waals surface area (Å²) in [7, 11) is 0. The highest BCUT2D eigenvalue weighted by molar-refractivity contribution is 6.01. The van der Waals surface area contributed by atoms with Crippen LogP contribution in [0, 0.1) is 13.8 Å². The fraction of sp³-hybridized carbons (Fsp3) is 0.400. The Morgan fingerprint density at radius 3 is 2.36 bits per heavy atom. The molecule has 0 radical (unpaired) electrons. The minimum absolute atomic E-state index is 0.122. The molecule has 0 unspecified atom stereocenters. The molecule has 0 aliphatic carbocycles. The standard InChI is InChI=1S/C20H26N2O3/c1-6-22-15(5)17(13(3)18(22)20(24)25-7-2)19(23)21-14(4)16-11-9-8-10-12-16/h8-12,14H,6-7H2,1-5H3,(H,21,23)/t14-/m1/s1. The number of rotatable bonds is 6. The zero-order valence-electron chi connectivity index (χ0n) is 15.6. The number of hydrogen-bond acceptors (Lipinski definition) is 3. The molecule has 134 valence electrons. The van der Waals surface area contributed by atoms with Crippen molar-refractivity contribution in [3.63, 3.8) is 0 Å². The second kappa shape index (κ2) is 8.01. The van der Waals surface area contributed by atoms with Gasteiger partial charge in [-0.05, 0) is 45.7 Å². The lowest BCUT2D eigenvalue weighted by Gasteiger charge is -2.15. The molecule has 1 aromatic carbocycles. The molecule has 0 saturated heterocycles. The summed E-state index contributed by atoms with van der Waals surface area (Å²) in [5.41, 5.74) is 3.48. The topological polar surface area (TPSA) is 60.3 Å². The second-order valence-corrected chi connectivity index (χ2v) is 6.00. The van der Waals surface area contributed by atoms with Crippen LogP contribution in [0.1, 0.15) is 64.5 Å². The van der Waals surface area contributed by atoms with Crippen LogP contribution in [-0.2, 0) is 11.3 Å². The molecular weight excluding hydrogens is 316 g/mol. The molecule has 1 N–H and O–H groups in total. The van der Waals surface area contributed by atoms with Crippen LogP contribution < -0.4 is 5.32 Å². The highest BCUT2D eigenvalue weighted by Crippen LogP contribution is 2.24. The predicted molar refractivity (Wildman–Crippen MR) is 97.9 cm³/mol. The molecule has 1 amide bonds. The van der Waals surface area contributed by atoms with E-state index in [-0.39, 0.29) is 17.9 Å². The molecule has 1 heterocycles. The molecule has 0 fully saturated rings. The average molecular weight is 342 g/mol. The number of esters is 1. The summed E-state index contributed by atoms with van der Waals surface area (Å²) in [5, 5.41) is 3.03. The number of ether oxygens (including phenoxy) is 1. The molecule has 1 aromatic heterocycles. The van der Waals surface area contributed by atoms with Gasteiger partial charge in [-0.2, -0.15) is 0 Å². The van der Waals surface area contributed by atoms with E-state index in [4.69, 9.17) is 4.74 Å². The second-order valence-electron chi connectivity index (χ2n) is 6.00. The zero-order chi connectivity index (χ0) is 18.6. The first-order valence-electron chi connectivity index (χ1n) is 8.64. The van der Waals surface area contributed by atoms with Crippen molar-refractivity contribution in [2.75, 3.05) is 6.61 Å². The molecule has 0 aliphatic rings. The van der Waals surface area contributed by atoms with E-state index in [2.05, 4.69) is 5.32 Å². The van der Waals surface area contributed by atoms with Gasteiger partial charge in [0.2, 0.25) is 0 Å². The lowest BCUT2D eigenvalue weighted by molar-refractivity contribution is 0.0512. The minimum Gasteiger partial charge on any atom is -0.461 e. The van der Waals surface area contributed by atoms with Crippen molar-refractivity contribution in [2.24, 2.45) is 0 Å². The van der Waals surface area contributed by atoms with Crippen LogP contribution in [0.2, 0.25) is 0 Å². The highest BCUT2D eigenvalue weighted by Gasteiger charge is 2.27. The quantitative estimate of drug-likeness (QED) is 0.813. The van der Waals surface area contributed by atoms with Crippen LogP contribution in [-0.4, -0.2) is 23.1 Å².